The lowest BCUT2D eigenvalue weighted by Gasteiger charge is -2.29. The molecule has 2 aliphatic carbocycles. The number of hydrogen-bond acceptors (Lipinski definition) is 2. The summed E-state index contributed by atoms with van der Waals surface area (Å²) in [7, 11) is 0. The van der Waals surface area contributed by atoms with E-state index in [0.717, 1.165) is 11.8 Å². The van der Waals surface area contributed by atoms with Gasteiger partial charge in [0.15, 0.2) is 0 Å². The maximum atomic E-state index is 6.58. The van der Waals surface area contributed by atoms with Crippen molar-refractivity contribution in [2.24, 2.45) is 11.8 Å². The maximum absolute atomic E-state index is 6.58. The summed E-state index contributed by atoms with van der Waals surface area (Å²) in [6, 6.07) is 0. The highest BCUT2D eigenvalue weighted by atomic mass is 16.5. The lowest BCUT2D eigenvalue weighted by molar-refractivity contribution is -0.0468. The van der Waals surface area contributed by atoms with Crippen LogP contribution >= 0.6 is 0 Å². The number of rotatable bonds is 7. The van der Waals surface area contributed by atoms with E-state index in [-0.39, 0.29) is 0 Å². The predicted octanol–water partition coefficient (Wildman–Crippen LogP) is 4.67. The minimum atomic E-state index is 0.321. The average molecular weight is 293 g/mol. The van der Waals surface area contributed by atoms with Crippen molar-refractivity contribution < 1.29 is 4.74 Å². The highest BCUT2D eigenvalue weighted by Crippen LogP contribution is 2.45. The summed E-state index contributed by atoms with van der Waals surface area (Å²) in [5, 5.41) is 3.69. The van der Waals surface area contributed by atoms with Gasteiger partial charge in [0.25, 0.3) is 0 Å². The van der Waals surface area contributed by atoms with E-state index in [1.807, 2.05) is 0 Å². The molecule has 0 bridgehead atoms. The number of hydrogen-bond donors (Lipinski definition) is 1. The van der Waals surface area contributed by atoms with Crippen molar-refractivity contribution in [1.29, 1.82) is 0 Å². The van der Waals surface area contributed by atoms with E-state index < -0.39 is 0 Å². The van der Waals surface area contributed by atoms with E-state index in [1.54, 1.807) is 0 Å². The van der Waals surface area contributed by atoms with Crippen LogP contribution in [-0.4, -0.2) is 24.8 Å². The SMILES string of the molecule is CCCNCC(CC1CCC2(CCCC2)O1)C1CCCC1. The molecule has 0 aromatic heterocycles. The van der Waals surface area contributed by atoms with Gasteiger partial charge in [-0.2, -0.15) is 0 Å². The number of ether oxygens (including phenoxy) is 1. The first-order valence-corrected chi connectivity index (χ1v) is 9.70. The van der Waals surface area contributed by atoms with Crippen LogP contribution in [-0.2, 0) is 4.74 Å². The Labute approximate surface area is 131 Å². The fourth-order valence-electron chi connectivity index (χ4n) is 5.12. The summed E-state index contributed by atoms with van der Waals surface area (Å²) in [5.74, 6) is 1.83. The van der Waals surface area contributed by atoms with Gasteiger partial charge in [0.05, 0.1) is 11.7 Å². The van der Waals surface area contributed by atoms with Crippen molar-refractivity contribution in [3.8, 4) is 0 Å². The first kappa shape index (κ1) is 15.8. The third kappa shape index (κ3) is 4.01. The Hall–Kier alpha value is -0.0800. The molecule has 1 heterocycles. The van der Waals surface area contributed by atoms with E-state index in [4.69, 9.17) is 4.74 Å². The molecule has 2 saturated carbocycles. The molecule has 3 rings (SSSR count). The molecule has 1 spiro atoms. The second kappa shape index (κ2) is 7.46. The van der Waals surface area contributed by atoms with Crippen molar-refractivity contribution in [3.63, 3.8) is 0 Å². The Kier molecular flexibility index (Phi) is 5.61. The Balaban J connectivity index is 1.51. The van der Waals surface area contributed by atoms with Gasteiger partial charge in [-0.05, 0) is 63.5 Å². The highest BCUT2D eigenvalue weighted by Gasteiger charge is 2.43. The van der Waals surface area contributed by atoms with Crippen molar-refractivity contribution in [2.75, 3.05) is 13.1 Å². The van der Waals surface area contributed by atoms with Crippen molar-refractivity contribution >= 4 is 0 Å². The third-order valence-electron chi connectivity index (χ3n) is 6.32. The van der Waals surface area contributed by atoms with Crippen LogP contribution in [0.15, 0.2) is 0 Å². The molecule has 1 aliphatic heterocycles. The summed E-state index contributed by atoms with van der Waals surface area (Å²) in [6.07, 6.45) is 17.2. The molecule has 0 radical (unpaired) electrons. The summed E-state index contributed by atoms with van der Waals surface area (Å²) in [6.45, 7) is 4.67. The summed E-state index contributed by atoms with van der Waals surface area (Å²) < 4.78 is 6.58. The Bertz CT molecular complexity index is 305. The minimum Gasteiger partial charge on any atom is -0.372 e. The fraction of sp³-hybridized carbons (Fsp3) is 1.00. The van der Waals surface area contributed by atoms with Crippen LogP contribution in [0.4, 0.5) is 0 Å². The molecule has 122 valence electrons. The first-order valence-electron chi connectivity index (χ1n) is 9.70. The predicted molar refractivity (Wildman–Crippen MR) is 88.5 cm³/mol. The molecular weight excluding hydrogens is 258 g/mol. The third-order valence-corrected chi connectivity index (χ3v) is 6.32. The molecule has 21 heavy (non-hydrogen) atoms. The van der Waals surface area contributed by atoms with Crippen LogP contribution in [0.2, 0.25) is 0 Å². The van der Waals surface area contributed by atoms with E-state index in [2.05, 4.69) is 12.2 Å². The quantitative estimate of drug-likeness (QED) is 0.688. The number of nitrogens with one attached hydrogen (secondary N) is 1. The molecule has 0 aromatic carbocycles. The molecule has 2 nitrogen and oxygen atoms in total. The standard InChI is InChI=1S/C19H35NO/c1-2-13-20-15-17(16-7-3-4-8-16)14-18-9-12-19(21-18)10-5-6-11-19/h16-18,20H,2-15H2,1H3. The van der Waals surface area contributed by atoms with Gasteiger partial charge >= 0.3 is 0 Å². The van der Waals surface area contributed by atoms with Crippen LogP contribution in [0.3, 0.4) is 0 Å². The van der Waals surface area contributed by atoms with Crippen molar-refractivity contribution in [2.45, 2.75) is 95.7 Å². The van der Waals surface area contributed by atoms with Gasteiger partial charge in [0.2, 0.25) is 0 Å². The lowest BCUT2D eigenvalue weighted by Crippen LogP contribution is -2.32. The first-order chi connectivity index (χ1) is 10.3. The van der Waals surface area contributed by atoms with E-state index >= 15 is 0 Å². The van der Waals surface area contributed by atoms with Gasteiger partial charge in [-0.3, -0.25) is 0 Å². The largest absolute Gasteiger partial charge is 0.372 e. The van der Waals surface area contributed by atoms with Crippen LogP contribution in [0, 0.1) is 11.8 Å². The molecule has 2 atom stereocenters. The molecule has 3 fully saturated rings. The second-order valence-corrected chi connectivity index (χ2v) is 7.91. The smallest absolute Gasteiger partial charge is 0.0687 e. The van der Waals surface area contributed by atoms with Gasteiger partial charge in [-0.1, -0.05) is 45.4 Å². The molecule has 0 amide bonds. The van der Waals surface area contributed by atoms with Crippen LogP contribution in [0.25, 0.3) is 0 Å². The molecule has 2 unspecified atom stereocenters. The van der Waals surface area contributed by atoms with E-state index in [0.29, 0.717) is 11.7 Å². The average Bonchev–Trinajstić information content (AvgIpc) is 3.22. The van der Waals surface area contributed by atoms with Gasteiger partial charge < -0.3 is 10.1 Å². The Morgan fingerprint density at radius 1 is 1.05 bits per heavy atom. The van der Waals surface area contributed by atoms with Gasteiger partial charge in [0, 0.05) is 0 Å². The zero-order valence-electron chi connectivity index (χ0n) is 14.0. The normalized spacial score (nSPS) is 30.4. The molecular formula is C19H35NO. The van der Waals surface area contributed by atoms with Crippen LogP contribution in [0.1, 0.15) is 84.0 Å². The van der Waals surface area contributed by atoms with Crippen molar-refractivity contribution in [3.05, 3.63) is 0 Å². The molecule has 2 heteroatoms. The molecule has 1 saturated heterocycles. The minimum absolute atomic E-state index is 0.321. The van der Waals surface area contributed by atoms with Crippen LogP contribution in [0.5, 0.6) is 0 Å². The molecule has 0 aromatic rings. The summed E-state index contributed by atoms with van der Waals surface area (Å²) in [5.41, 5.74) is 0.321. The Morgan fingerprint density at radius 2 is 1.81 bits per heavy atom. The summed E-state index contributed by atoms with van der Waals surface area (Å²) >= 11 is 0. The molecule has 1 N–H and O–H groups in total. The molecule has 3 aliphatic rings. The monoisotopic (exact) mass is 293 g/mol. The zero-order chi connectivity index (χ0) is 14.5. The second-order valence-electron chi connectivity index (χ2n) is 7.91. The lowest BCUT2D eigenvalue weighted by atomic mass is 9.85. The zero-order valence-corrected chi connectivity index (χ0v) is 14.0. The Morgan fingerprint density at radius 3 is 2.52 bits per heavy atom. The maximum Gasteiger partial charge on any atom is 0.0687 e. The van der Waals surface area contributed by atoms with Crippen molar-refractivity contribution in [1.82, 2.24) is 5.32 Å². The highest BCUT2D eigenvalue weighted by molar-refractivity contribution is 4.94. The van der Waals surface area contributed by atoms with Gasteiger partial charge in [-0.25, -0.2) is 0 Å². The topological polar surface area (TPSA) is 21.3 Å². The van der Waals surface area contributed by atoms with Crippen LogP contribution < -0.4 is 5.32 Å². The van der Waals surface area contributed by atoms with E-state index in [9.17, 15) is 0 Å². The van der Waals surface area contributed by atoms with Gasteiger partial charge in [-0.15, -0.1) is 0 Å². The van der Waals surface area contributed by atoms with Gasteiger partial charge in [0.1, 0.15) is 0 Å². The summed E-state index contributed by atoms with van der Waals surface area (Å²) in [4.78, 5) is 0. The fourth-order valence-corrected chi connectivity index (χ4v) is 5.12. The van der Waals surface area contributed by atoms with E-state index in [1.165, 1.54) is 90.1 Å².